The number of para-hydroxylation sites is 1. The van der Waals surface area contributed by atoms with Gasteiger partial charge in [0.15, 0.2) is 0 Å². The first kappa shape index (κ1) is 23.1. The number of aryl methyl sites for hydroxylation is 1. The van der Waals surface area contributed by atoms with Gasteiger partial charge in [0.1, 0.15) is 16.1 Å². The van der Waals surface area contributed by atoms with Crippen LogP contribution in [-0.2, 0) is 22.6 Å². The maximum atomic E-state index is 13.3. The maximum Gasteiger partial charge on any atom is 0.327 e. The molecule has 35 heavy (non-hydrogen) atoms. The molecule has 0 radical (unpaired) electrons. The van der Waals surface area contributed by atoms with Crippen LogP contribution in [-0.4, -0.2) is 41.9 Å². The molecule has 6 nitrogen and oxygen atoms in total. The van der Waals surface area contributed by atoms with Gasteiger partial charge in [-0.25, -0.2) is 4.79 Å². The number of carboxylic acids is 1. The Kier molecular flexibility index (Phi) is 6.08. The molecule has 1 aliphatic heterocycles. The molecule has 3 aromatic carbocycles. The van der Waals surface area contributed by atoms with Crippen LogP contribution in [0.25, 0.3) is 27.9 Å². The molecule has 5 rings (SSSR count). The lowest BCUT2D eigenvalue weighted by Gasteiger charge is -2.23. The molecule has 1 aliphatic rings. The largest absolute Gasteiger partial charge is 0.508 e. The molecule has 4 aromatic rings. The molecule has 176 valence electrons. The minimum atomic E-state index is -1.14. The highest BCUT2D eigenvalue weighted by atomic mass is 32.2. The van der Waals surface area contributed by atoms with Crippen molar-refractivity contribution in [1.29, 1.82) is 0 Å². The van der Waals surface area contributed by atoms with E-state index < -0.39 is 17.9 Å². The number of carbonyl (C=O) groups excluding carboxylic acids is 1. The SMILES string of the molecule is CCn1c2ccccc2c2cc(/C=C3\SC(=S)N([C@H](Cc4ccc(O)cc4)C(=O)O)C3=O)ccc21. The highest BCUT2D eigenvalue weighted by molar-refractivity contribution is 8.26. The molecule has 0 spiro atoms. The van der Waals surface area contributed by atoms with Gasteiger partial charge in [-0.1, -0.05) is 60.4 Å². The number of fused-ring (bicyclic) bond motifs is 3. The van der Waals surface area contributed by atoms with Gasteiger partial charge in [0.25, 0.3) is 5.91 Å². The lowest BCUT2D eigenvalue weighted by Crippen LogP contribution is -2.45. The highest BCUT2D eigenvalue weighted by Gasteiger charge is 2.40. The molecule has 0 aliphatic carbocycles. The highest BCUT2D eigenvalue weighted by Crippen LogP contribution is 2.36. The Morgan fingerprint density at radius 2 is 1.77 bits per heavy atom. The van der Waals surface area contributed by atoms with Gasteiger partial charge in [0, 0.05) is 34.8 Å². The van der Waals surface area contributed by atoms with Crippen molar-refractivity contribution in [2.24, 2.45) is 0 Å². The van der Waals surface area contributed by atoms with Crippen LogP contribution in [0.2, 0.25) is 0 Å². The van der Waals surface area contributed by atoms with Gasteiger partial charge in [-0.15, -0.1) is 0 Å². The zero-order valence-electron chi connectivity index (χ0n) is 18.8. The quantitative estimate of drug-likeness (QED) is 0.271. The number of amides is 1. The number of hydrogen-bond donors (Lipinski definition) is 2. The molecule has 1 atom stereocenters. The molecule has 1 amide bonds. The summed E-state index contributed by atoms with van der Waals surface area (Å²) in [7, 11) is 0. The van der Waals surface area contributed by atoms with Crippen molar-refractivity contribution in [1.82, 2.24) is 9.47 Å². The summed E-state index contributed by atoms with van der Waals surface area (Å²) in [6.45, 7) is 2.96. The molecule has 1 aromatic heterocycles. The van der Waals surface area contributed by atoms with Crippen molar-refractivity contribution in [3.63, 3.8) is 0 Å². The summed E-state index contributed by atoms with van der Waals surface area (Å²) < 4.78 is 2.48. The Morgan fingerprint density at radius 3 is 2.49 bits per heavy atom. The van der Waals surface area contributed by atoms with Crippen molar-refractivity contribution in [3.05, 3.63) is 82.8 Å². The number of hydrogen-bond acceptors (Lipinski definition) is 5. The van der Waals surface area contributed by atoms with E-state index in [2.05, 4.69) is 35.8 Å². The van der Waals surface area contributed by atoms with Crippen LogP contribution < -0.4 is 0 Å². The van der Waals surface area contributed by atoms with Gasteiger partial charge in [-0.05, 0) is 54.5 Å². The number of aliphatic carboxylic acids is 1. The molecule has 0 unspecified atom stereocenters. The van der Waals surface area contributed by atoms with E-state index in [0.717, 1.165) is 45.7 Å². The Labute approximate surface area is 211 Å². The number of carboxylic acid groups (broad SMARTS) is 1. The van der Waals surface area contributed by atoms with E-state index in [1.165, 1.54) is 17.0 Å². The number of thioether (sulfide) groups is 1. The fraction of sp³-hybridized carbons (Fsp3) is 0.148. The molecular formula is C27H22N2O4S2. The first-order valence-electron chi connectivity index (χ1n) is 11.2. The van der Waals surface area contributed by atoms with Gasteiger partial charge in [0.2, 0.25) is 0 Å². The molecule has 1 saturated heterocycles. The summed E-state index contributed by atoms with van der Waals surface area (Å²) >= 11 is 6.54. The summed E-state index contributed by atoms with van der Waals surface area (Å²) in [5.74, 6) is -1.46. The molecule has 0 bridgehead atoms. The first-order valence-corrected chi connectivity index (χ1v) is 12.4. The number of benzene rings is 3. The summed E-state index contributed by atoms with van der Waals surface area (Å²) in [5.41, 5.74) is 3.82. The van der Waals surface area contributed by atoms with E-state index >= 15 is 0 Å². The fourth-order valence-corrected chi connectivity index (χ4v) is 5.90. The van der Waals surface area contributed by atoms with E-state index in [-0.39, 0.29) is 16.5 Å². The number of phenols is 1. The van der Waals surface area contributed by atoms with Gasteiger partial charge >= 0.3 is 5.97 Å². The summed E-state index contributed by atoms with van der Waals surface area (Å²) in [4.78, 5) is 26.9. The minimum Gasteiger partial charge on any atom is -0.508 e. The van der Waals surface area contributed by atoms with Crippen LogP contribution in [0.3, 0.4) is 0 Å². The van der Waals surface area contributed by atoms with Gasteiger partial charge in [-0.3, -0.25) is 9.69 Å². The van der Waals surface area contributed by atoms with Crippen LogP contribution in [0.1, 0.15) is 18.1 Å². The number of carbonyl (C=O) groups is 2. The third-order valence-corrected chi connectivity index (χ3v) is 7.53. The summed E-state index contributed by atoms with van der Waals surface area (Å²) in [6.07, 6.45) is 1.86. The lowest BCUT2D eigenvalue weighted by atomic mass is 10.0. The maximum absolute atomic E-state index is 13.3. The zero-order valence-corrected chi connectivity index (χ0v) is 20.5. The van der Waals surface area contributed by atoms with Crippen molar-refractivity contribution in [3.8, 4) is 5.75 Å². The Hall–Kier alpha value is -3.62. The summed E-state index contributed by atoms with van der Waals surface area (Å²) in [5, 5.41) is 21.6. The molecular weight excluding hydrogens is 480 g/mol. The van der Waals surface area contributed by atoms with Gasteiger partial charge < -0.3 is 14.8 Å². The second kappa shape index (κ2) is 9.20. The van der Waals surface area contributed by atoms with E-state index in [1.807, 2.05) is 18.2 Å². The van der Waals surface area contributed by atoms with E-state index in [4.69, 9.17) is 12.2 Å². The third-order valence-electron chi connectivity index (χ3n) is 6.20. The number of rotatable bonds is 6. The second-order valence-electron chi connectivity index (χ2n) is 8.31. The Morgan fingerprint density at radius 1 is 1.06 bits per heavy atom. The average Bonchev–Trinajstić information content (AvgIpc) is 3.31. The van der Waals surface area contributed by atoms with E-state index in [9.17, 15) is 19.8 Å². The van der Waals surface area contributed by atoms with Gasteiger partial charge in [-0.2, -0.15) is 0 Å². The van der Waals surface area contributed by atoms with Crippen molar-refractivity contribution < 1.29 is 19.8 Å². The molecule has 2 heterocycles. The predicted octanol–water partition coefficient (Wildman–Crippen LogP) is 5.42. The Bertz CT molecular complexity index is 1520. The fourth-order valence-electron chi connectivity index (χ4n) is 4.55. The van der Waals surface area contributed by atoms with E-state index in [1.54, 1.807) is 18.2 Å². The van der Waals surface area contributed by atoms with Crippen molar-refractivity contribution in [2.45, 2.75) is 25.9 Å². The average molecular weight is 503 g/mol. The molecule has 0 saturated carbocycles. The topological polar surface area (TPSA) is 82.8 Å². The van der Waals surface area contributed by atoms with Crippen LogP contribution in [0.4, 0.5) is 0 Å². The smallest absolute Gasteiger partial charge is 0.327 e. The number of thiocarbonyl (C=S) groups is 1. The normalized spacial score (nSPS) is 16.0. The number of aromatic nitrogens is 1. The third kappa shape index (κ3) is 4.19. The first-order chi connectivity index (χ1) is 16.9. The van der Waals surface area contributed by atoms with Crippen LogP contribution in [0, 0.1) is 0 Å². The van der Waals surface area contributed by atoms with Crippen LogP contribution >= 0.6 is 24.0 Å². The summed E-state index contributed by atoms with van der Waals surface area (Å²) in [6, 6.07) is 19.4. The Balaban J connectivity index is 1.48. The van der Waals surface area contributed by atoms with Gasteiger partial charge in [0.05, 0.1) is 4.91 Å². The number of nitrogens with zero attached hydrogens (tertiary/aromatic N) is 2. The van der Waals surface area contributed by atoms with Crippen LogP contribution in [0.5, 0.6) is 5.75 Å². The second-order valence-corrected chi connectivity index (χ2v) is 9.99. The lowest BCUT2D eigenvalue weighted by molar-refractivity contribution is -0.145. The van der Waals surface area contributed by atoms with E-state index in [0.29, 0.717) is 10.5 Å². The predicted molar refractivity (Wildman–Crippen MR) is 143 cm³/mol. The van der Waals surface area contributed by atoms with Crippen molar-refractivity contribution >= 4 is 68.1 Å². The molecule has 8 heteroatoms. The zero-order chi connectivity index (χ0) is 24.7. The minimum absolute atomic E-state index is 0.0812. The molecule has 1 fully saturated rings. The van der Waals surface area contributed by atoms with Crippen molar-refractivity contribution in [2.75, 3.05) is 0 Å². The number of aromatic hydroxyl groups is 1. The molecule has 2 N–H and O–H groups in total. The van der Waals surface area contributed by atoms with Crippen LogP contribution in [0.15, 0.2) is 71.6 Å². The standard InChI is InChI=1S/C27H22N2O4S2/c1-2-28-21-6-4-3-5-19(21)20-13-17(9-12-22(20)28)15-24-25(31)29(27(34)35-24)23(26(32)33)14-16-7-10-18(30)11-8-16/h3-13,15,23,30H,2,14H2,1H3,(H,32,33)/b24-15-/t23-/m1/s1. The number of phenolic OH excluding ortho intramolecular Hbond substituents is 1. The monoisotopic (exact) mass is 502 g/mol.